The lowest BCUT2D eigenvalue weighted by Gasteiger charge is -2.29. The molecule has 0 amide bonds. The van der Waals surface area contributed by atoms with Crippen molar-refractivity contribution in [1.29, 1.82) is 0 Å². The van der Waals surface area contributed by atoms with E-state index in [0.29, 0.717) is 16.9 Å². The monoisotopic (exact) mass is 396 g/mol. The Morgan fingerprint density at radius 1 is 1.07 bits per heavy atom. The second-order valence-corrected chi connectivity index (χ2v) is 9.36. The molecule has 4 nitrogen and oxygen atoms in total. The lowest BCUT2D eigenvalue weighted by Crippen LogP contribution is -2.32. The molecule has 1 aromatic heterocycles. The van der Waals surface area contributed by atoms with Crippen molar-refractivity contribution in [2.24, 2.45) is 0 Å². The molecule has 0 bridgehead atoms. The largest absolute Gasteiger partial charge is 0.296 e. The summed E-state index contributed by atoms with van der Waals surface area (Å²) in [4.78, 5) is 2.69. The van der Waals surface area contributed by atoms with Gasteiger partial charge >= 0.3 is 0 Å². The van der Waals surface area contributed by atoms with Crippen LogP contribution in [0.25, 0.3) is 16.5 Å². The van der Waals surface area contributed by atoms with Crippen LogP contribution < -0.4 is 0 Å². The fourth-order valence-corrected chi connectivity index (χ4v) is 5.88. The quantitative estimate of drug-likeness (QED) is 0.664. The van der Waals surface area contributed by atoms with Gasteiger partial charge in [0.05, 0.1) is 10.4 Å². The highest BCUT2D eigenvalue weighted by Gasteiger charge is 2.30. The Balaban J connectivity index is 1.68. The molecule has 6 heteroatoms. The highest BCUT2D eigenvalue weighted by Crippen LogP contribution is 2.37. The summed E-state index contributed by atoms with van der Waals surface area (Å²) < 4.78 is 41.8. The third-order valence-electron chi connectivity index (χ3n) is 5.91. The van der Waals surface area contributed by atoms with E-state index in [9.17, 15) is 12.8 Å². The minimum Gasteiger partial charge on any atom is -0.296 e. The minimum absolute atomic E-state index is 0.224. The van der Waals surface area contributed by atoms with E-state index in [1.54, 1.807) is 42.6 Å². The maximum absolute atomic E-state index is 14.0. The highest BCUT2D eigenvalue weighted by molar-refractivity contribution is 7.90. The zero-order valence-electron chi connectivity index (χ0n) is 15.4. The first-order valence-corrected chi connectivity index (χ1v) is 11.0. The second-order valence-electron chi connectivity index (χ2n) is 7.54. The fraction of sp³-hybridized carbons (Fsp3) is 0.273. The topological polar surface area (TPSA) is 42.3 Å². The molecule has 2 aliphatic rings. The van der Waals surface area contributed by atoms with Crippen LogP contribution in [0.5, 0.6) is 0 Å². The molecule has 1 fully saturated rings. The Kier molecular flexibility index (Phi) is 4.14. The molecule has 0 aliphatic carbocycles. The average Bonchev–Trinajstić information content (AvgIpc) is 3.32. The van der Waals surface area contributed by atoms with E-state index in [4.69, 9.17) is 0 Å². The number of halogens is 1. The van der Waals surface area contributed by atoms with Gasteiger partial charge in [0.15, 0.2) is 0 Å². The van der Waals surface area contributed by atoms with Crippen molar-refractivity contribution in [1.82, 2.24) is 8.87 Å². The van der Waals surface area contributed by atoms with Crippen LogP contribution >= 0.6 is 0 Å². The molecule has 3 aromatic rings. The van der Waals surface area contributed by atoms with Gasteiger partial charge in [-0.15, -0.1) is 0 Å². The summed E-state index contributed by atoms with van der Waals surface area (Å²) in [7, 11) is -3.76. The lowest BCUT2D eigenvalue weighted by atomic mass is 9.94. The van der Waals surface area contributed by atoms with Gasteiger partial charge in [0.25, 0.3) is 10.0 Å². The van der Waals surface area contributed by atoms with Crippen LogP contribution in [0, 0.1) is 5.82 Å². The third kappa shape index (κ3) is 2.79. The van der Waals surface area contributed by atoms with Crippen LogP contribution in [-0.2, 0) is 10.0 Å². The summed E-state index contributed by atoms with van der Waals surface area (Å²) in [6, 6.07) is 13.2. The molecule has 0 saturated carbocycles. The van der Waals surface area contributed by atoms with Crippen molar-refractivity contribution in [2.45, 2.75) is 30.2 Å². The summed E-state index contributed by atoms with van der Waals surface area (Å²) in [6.07, 6.45) is 7.07. The summed E-state index contributed by atoms with van der Waals surface area (Å²) in [6.45, 7) is 1.99. The van der Waals surface area contributed by atoms with Crippen LogP contribution in [0.1, 0.15) is 24.8 Å². The predicted octanol–water partition coefficient (Wildman–Crippen LogP) is 4.27. The first kappa shape index (κ1) is 17.6. The first-order chi connectivity index (χ1) is 13.5. The molecule has 2 aromatic carbocycles. The molecule has 2 aliphatic heterocycles. The third-order valence-corrected chi connectivity index (χ3v) is 7.59. The second kappa shape index (κ2) is 6.57. The summed E-state index contributed by atoms with van der Waals surface area (Å²) in [5, 5.41) is 0.650. The Labute approximate surface area is 163 Å². The van der Waals surface area contributed by atoms with E-state index in [1.165, 1.54) is 22.5 Å². The van der Waals surface area contributed by atoms with E-state index in [0.717, 1.165) is 37.1 Å². The average molecular weight is 396 g/mol. The van der Waals surface area contributed by atoms with Crippen molar-refractivity contribution in [3.05, 3.63) is 72.2 Å². The number of fused-ring (bicyclic) bond motifs is 2. The van der Waals surface area contributed by atoms with Crippen LogP contribution in [0.3, 0.4) is 0 Å². The molecule has 144 valence electrons. The molecule has 5 rings (SSSR count). The van der Waals surface area contributed by atoms with Crippen molar-refractivity contribution in [3.8, 4) is 0 Å². The predicted molar refractivity (Wildman–Crippen MR) is 108 cm³/mol. The lowest BCUT2D eigenvalue weighted by molar-refractivity contribution is 0.275. The number of rotatable bonds is 3. The van der Waals surface area contributed by atoms with E-state index in [1.807, 2.05) is 0 Å². The van der Waals surface area contributed by atoms with Gasteiger partial charge in [0.2, 0.25) is 0 Å². The van der Waals surface area contributed by atoms with Gasteiger partial charge in [0.1, 0.15) is 5.82 Å². The van der Waals surface area contributed by atoms with Crippen molar-refractivity contribution in [2.75, 3.05) is 13.1 Å². The van der Waals surface area contributed by atoms with E-state index in [-0.39, 0.29) is 10.7 Å². The van der Waals surface area contributed by atoms with Crippen LogP contribution in [0.4, 0.5) is 4.39 Å². The zero-order valence-corrected chi connectivity index (χ0v) is 16.2. The maximum Gasteiger partial charge on any atom is 0.268 e. The molecule has 1 saturated heterocycles. The zero-order chi connectivity index (χ0) is 19.3. The van der Waals surface area contributed by atoms with Gasteiger partial charge in [0, 0.05) is 29.7 Å². The van der Waals surface area contributed by atoms with Gasteiger partial charge in [-0.3, -0.25) is 4.90 Å². The van der Waals surface area contributed by atoms with Gasteiger partial charge in [-0.05, 0) is 61.7 Å². The van der Waals surface area contributed by atoms with Crippen molar-refractivity contribution >= 4 is 26.5 Å². The van der Waals surface area contributed by atoms with Gasteiger partial charge < -0.3 is 0 Å². The Hall–Kier alpha value is -2.44. The maximum atomic E-state index is 14.0. The van der Waals surface area contributed by atoms with Gasteiger partial charge in [-0.25, -0.2) is 16.8 Å². The molecule has 1 atom stereocenters. The fourth-order valence-electron chi connectivity index (χ4n) is 4.48. The van der Waals surface area contributed by atoms with Crippen molar-refractivity contribution < 1.29 is 12.8 Å². The van der Waals surface area contributed by atoms with Crippen LogP contribution in [0.2, 0.25) is 0 Å². The SMILES string of the molecule is O=S(=O)(c1ccccc1)n1cc(C2=CCN3CCCC3C2)c2cc(F)ccc21. The minimum atomic E-state index is -3.76. The molecule has 28 heavy (non-hydrogen) atoms. The standard InChI is InChI=1S/C22H21FN2O2S/c23-17-8-9-22-20(14-17)21(16-10-12-24-11-4-5-18(24)13-16)15-25(22)28(26,27)19-6-2-1-3-7-19/h1-3,6-10,14-15,18H,4-5,11-13H2. The first-order valence-electron chi connectivity index (χ1n) is 9.59. The highest BCUT2D eigenvalue weighted by atomic mass is 32.2. The van der Waals surface area contributed by atoms with Crippen LogP contribution in [-0.4, -0.2) is 36.4 Å². The molecular formula is C22H21FN2O2S. The summed E-state index contributed by atoms with van der Waals surface area (Å²) >= 11 is 0. The van der Waals surface area contributed by atoms with Gasteiger partial charge in [-0.1, -0.05) is 24.3 Å². The molecule has 0 spiro atoms. The molecule has 1 unspecified atom stereocenters. The Bertz CT molecular complexity index is 1180. The number of hydrogen-bond donors (Lipinski definition) is 0. The van der Waals surface area contributed by atoms with E-state index < -0.39 is 10.0 Å². The normalized spacial score (nSPS) is 20.3. The van der Waals surface area contributed by atoms with Crippen LogP contribution in [0.15, 0.2) is 65.7 Å². The van der Waals surface area contributed by atoms with Gasteiger partial charge in [-0.2, -0.15) is 0 Å². The molecule has 3 heterocycles. The Morgan fingerprint density at radius 3 is 2.71 bits per heavy atom. The van der Waals surface area contributed by atoms with Crippen molar-refractivity contribution in [3.63, 3.8) is 0 Å². The number of benzene rings is 2. The summed E-state index contributed by atoms with van der Waals surface area (Å²) in [5.74, 6) is -0.359. The number of nitrogens with zero attached hydrogens (tertiary/aromatic N) is 2. The molecule has 0 radical (unpaired) electrons. The van der Waals surface area contributed by atoms with E-state index >= 15 is 0 Å². The number of hydrogen-bond acceptors (Lipinski definition) is 3. The smallest absolute Gasteiger partial charge is 0.268 e. The number of aromatic nitrogens is 1. The molecule has 0 N–H and O–H groups in total. The summed E-state index contributed by atoms with van der Waals surface area (Å²) in [5.41, 5.74) is 2.44. The Morgan fingerprint density at radius 2 is 1.89 bits per heavy atom. The molecular weight excluding hydrogens is 375 g/mol. The van der Waals surface area contributed by atoms with E-state index in [2.05, 4.69) is 11.0 Å².